The summed E-state index contributed by atoms with van der Waals surface area (Å²) in [6, 6.07) is 0. The van der Waals surface area contributed by atoms with E-state index < -0.39 is 0 Å². The molecule has 1 atom stereocenters. The molecule has 2 N–H and O–H groups in total. The monoisotopic (exact) mass is 383 g/mol. The molecule has 0 aromatic heterocycles. The van der Waals surface area contributed by atoms with Crippen LogP contribution in [0.5, 0.6) is 0 Å². The zero-order valence-electron chi connectivity index (χ0n) is 14.6. The minimum Gasteiger partial charge on any atom is -0.355 e. The van der Waals surface area contributed by atoms with E-state index in [-0.39, 0.29) is 42.5 Å². The molecular formula is C15H31Cl2N5O2. The Morgan fingerprint density at radius 1 is 1.25 bits per heavy atom. The Bertz CT molecular complexity index is 392. The molecule has 24 heavy (non-hydrogen) atoms. The van der Waals surface area contributed by atoms with E-state index in [1.807, 2.05) is 19.0 Å². The quantitative estimate of drug-likeness (QED) is 0.606. The summed E-state index contributed by atoms with van der Waals surface area (Å²) < 4.78 is 0. The van der Waals surface area contributed by atoms with Crippen LogP contribution in [0, 0.1) is 5.92 Å². The first-order valence-corrected chi connectivity index (χ1v) is 8.19. The van der Waals surface area contributed by atoms with Crippen molar-refractivity contribution in [2.24, 2.45) is 5.92 Å². The van der Waals surface area contributed by atoms with Crippen LogP contribution < -0.4 is 10.6 Å². The molecule has 2 rings (SSSR count). The highest BCUT2D eigenvalue weighted by Gasteiger charge is 2.33. The van der Waals surface area contributed by atoms with E-state index >= 15 is 0 Å². The number of likely N-dealkylation sites (N-methyl/N-ethyl adjacent to an activating group) is 1. The van der Waals surface area contributed by atoms with Crippen LogP contribution in [0.4, 0.5) is 0 Å². The Morgan fingerprint density at radius 3 is 2.54 bits per heavy atom. The molecule has 0 spiro atoms. The fourth-order valence-electron chi connectivity index (χ4n) is 2.90. The number of rotatable bonds is 7. The molecule has 0 radical (unpaired) electrons. The first kappa shape index (κ1) is 23.4. The van der Waals surface area contributed by atoms with Crippen LogP contribution in [0.15, 0.2) is 0 Å². The number of hydrogen-bond acceptors (Lipinski definition) is 5. The van der Waals surface area contributed by atoms with Crippen LogP contribution in [0.1, 0.15) is 6.42 Å². The fourth-order valence-corrected chi connectivity index (χ4v) is 2.90. The van der Waals surface area contributed by atoms with Crippen LogP contribution >= 0.6 is 24.8 Å². The Balaban J connectivity index is 0.00000264. The predicted molar refractivity (Wildman–Crippen MR) is 100 cm³/mol. The van der Waals surface area contributed by atoms with Crippen molar-refractivity contribution in [1.82, 2.24) is 25.3 Å². The van der Waals surface area contributed by atoms with Crippen LogP contribution in [-0.2, 0) is 9.59 Å². The molecule has 2 aliphatic heterocycles. The van der Waals surface area contributed by atoms with Crippen molar-refractivity contribution in [3.63, 3.8) is 0 Å². The number of carbonyl (C=O) groups excluding carboxylic acids is 2. The maximum atomic E-state index is 12.2. The molecule has 2 amide bonds. The van der Waals surface area contributed by atoms with Gasteiger partial charge in [0.2, 0.25) is 11.8 Å². The molecular weight excluding hydrogens is 353 g/mol. The second-order valence-corrected chi connectivity index (χ2v) is 6.43. The van der Waals surface area contributed by atoms with E-state index in [2.05, 4.69) is 15.5 Å². The zero-order chi connectivity index (χ0) is 15.9. The van der Waals surface area contributed by atoms with Gasteiger partial charge in [-0.1, -0.05) is 0 Å². The molecule has 2 saturated heterocycles. The van der Waals surface area contributed by atoms with Crippen molar-refractivity contribution in [2.45, 2.75) is 6.42 Å². The summed E-state index contributed by atoms with van der Waals surface area (Å²) in [5.41, 5.74) is 0. The number of carbonyl (C=O) groups is 2. The lowest BCUT2D eigenvalue weighted by Gasteiger charge is -2.27. The lowest BCUT2D eigenvalue weighted by molar-refractivity contribution is -0.129. The number of piperazine rings is 1. The Kier molecular flexibility index (Phi) is 11.6. The molecule has 2 heterocycles. The molecule has 9 heteroatoms. The standard InChI is InChI=1S/C15H29N5O2.2ClH/c1-18(2)9-10-20-12-13(11-14(20)21)15(22)17-5-8-19-6-3-16-4-7-19;;/h13,16H,3-12H2,1-2H3,(H,17,22);2*1H. The molecule has 142 valence electrons. The molecule has 0 bridgehead atoms. The van der Waals surface area contributed by atoms with Crippen LogP contribution in [0.2, 0.25) is 0 Å². The van der Waals surface area contributed by atoms with Gasteiger partial charge < -0.3 is 20.4 Å². The fraction of sp³-hybridized carbons (Fsp3) is 0.867. The summed E-state index contributed by atoms with van der Waals surface area (Å²) in [6.07, 6.45) is 0.354. The third-order valence-corrected chi connectivity index (χ3v) is 4.34. The summed E-state index contributed by atoms with van der Waals surface area (Å²) in [5.74, 6) is -0.0578. The molecule has 2 fully saturated rings. The Labute approximate surface area is 157 Å². The topological polar surface area (TPSA) is 67.9 Å². The highest BCUT2D eigenvalue weighted by atomic mass is 35.5. The molecule has 1 unspecified atom stereocenters. The van der Waals surface area contributed by atoms with Crippen molar-refractivity contribution in [3.05, 3.63) is 0 Å². The van der Waals surface area contributed by atoms with Crippen molar-refractivity contribution in [2.75, 3.05) is 73.0 Å². The van der Waals surface area contributed by atoms with Gasteiger partial charge in [-0.3, -0.25) is 14.5 Å². The zero-order valence-corrected chi connectivity index (χ0v) is 16.3. The lowest BCUT2D eigenvalue weighted by atomic mass is 10.1. The van der Waals surface area contributed by atoms with Crippen LogP contribution in [0.25, 0.3) is 0 Å². The molecule has 0 saturated carbocycles. The summed E-state index contributed by atoms with van der Waals surface area (Å²) in [7, 11) is 3.97. The van der Waals surface area contributed by atoms with Crippen molar-refractivity contribution >= 4 is 36.6 Å². The molecule has 0 aromatic carbocycles. The van der Waals surface area contributed by atoms with Crippen molar-refractivity contribution < 1.29 is 9.59 Å². The second kappa shape index (κ2) is 11.9. The smallest absolute Gasteiger partial charge is 0.225 e. The SMILES string of the molecule is CN(C)CCN1CC(C(=O)NCCN2CCNCC2)CC1=O.Cl.Cl. The number of halogens is 2. The third-order valence-electron chi connectivity index (χ3n) is 4.34. The number of likely N-dealkylation sites (tertiary alicyclic amines) is 1. The summed E-state index contributed by atoms with van der Waals surface area (Å²) in [4.78, 5) is 30.3. The van der Waals surface area contributed by atoms with Crippen LogP contribution in [-0.4, -0.2) is 99.5 Å². The highest BCUT2D eigenvalue weighted by molar-refractivity contribution is 5.89. The molecule has 7 nitrogen and oxygen atoms in total. The van der Waals surface area contributed by atoms with Gasteiger partial charge in [0.05, 0.1) is 5.92 Å². The third kappa shape index (κ3) is 7.53. The van der Waals surface area contributed by atoms with Gasteiger partial charge >= 0.3 is 0 Å². The van der Waals surface area contributed by atoms with Crippen molar-refractivity contribution in [1.29, 1.82) is 0 Å². The van der Waals surface area contributed by atoms with E-state index in [0.29, 0.717) is 26.1 Å². The average molecular weight is 384 g/mol. The van der Waals surface area contributed by atoms with E-state index in [9.17, 15) is 9.59 Å². The molecule has 0 aromatic rings. The predicted octanol–water partition coefficient (Wildman–Crippen LogP) is -0.738. The first-order chi connectivity index (χ1) is 10.6. The Hall–Kier alpha value is -0.600. The van der Waals surface area contributed by atoms with E-state index in [1.54, 1.807) is 4.90 Å². The Morgan fingerprint density at radius 2 is 1.92 bits per heavy atom. The van der Waals surface area contributed by atoms with E-state index in [4.69, 9.17) is 0 Å². The molecule has 2 aliphatic rings. The summed E-state index contributed by atoms with van der Waals surface area (Å²) >= 11 is 0. The van der Waals surface area contributed by atoms with Gasteiger partial charge in [-0.2, -0.15) is 0 Å². The van der Waals surface area contributed by atoms with Gasteiger partial charge in [0.15, 0.2) is 0 Å². The minimum atomic E-state index is -0.183. The summed E-state index contributed by atoms with van der Waals surface area (Å²) in [6.45, 7) is 7.77. The normalized spacial score (nSPS) is 21.4. The second-order valence-electron chi connectivity index (χ2n) is 6.43. The maximum Gasteiger partial charge on any atom is 0.225 e. The van der Waals surface area contributed by atoms with Crippen LogP contribution in [0.3, 0.4) is 0 Å². The van der Waals surface area contributed by atoms with Gasteiger partial charge in [0, 0.05) is 65.3 Å². The van der Waals surface area contributed by atoms with Crippen molar-refractivity contribution in [3.8, 4) is 0 Å². The number of nitrogens with one attached hydrogen (secondary N) is 2. The first-order valence-electron chi connectivity index (χ1n) is 8.19. The van der Waals surface area contributed by atoms with Gasteiger partial charge in [0.25, 0.3) is 0 Å². The largest absolute Gasteiger partial charge is 0.355 e. The maximum absolute atomic E-state index is 12.2. The van der Waals surface area contributed by atoms with Gasteiger partial charge in [-0.15, -0.1) is 24.8 Å². The average Bonchev–Trinajstić information content (AvgIpc) is 2.87. The highest BCUT2D eigenvalue weighted by Crippen LogP contribution is 2.17. The van der Waals surface area contributed by atoms with E-state index in [0.717, 1.165) is 39.3 Å². The van der Waals surface area contributed by atoms with E-state index in [1.165, 1.54) is 0 Å². The number of amides is 2. The van der Waals surface area contributed by atoms with Gasteiger partial charge in [-0.25, -0.2) is 0 Å². The summed E-state index contributed by atoms with van der Waals surface area (Å²) in [5, 5.41) is 6.30. The van der Waals surface area contributed by atoms with Gasteiger partial charge in [0.1, 0.15) is 0 Å². The number of hydrogen-bond donors (Lipinski definition) is 2. The van der Waals surface area contributed by atoms with Gasteiger partial charge in [-0.05, 0) is 14.1 Å². The molecule has 0 aliphatic carbocycles. The minimum absolute atomic E-state index is 0. The number of nitrogens with zero attached hydrogens (tertiary/aromatic N) is 3. The lowest BCUT2D eigenvalue weighted by Crippen LogP contribution is -2.46.